The summed E-state index contributed by atoms with van der Waals surface area (Å²) in [4.78, 5) is 25.4. The maximum atomic E-state index is 12.6. The van der Waals surface area contributed by atoms with Gasteiger partial charge in [-0.3, -0.25) is 9.59 Å². The summed E-state index contributed by atoms with van der Waals surface area (Å²) >= 11 is 3.52. The van der Waals surface area contributed by atoms with Crippen LogP contribution in [0.4, 0.5) is 0 Å². The van der Waals surface area contributed by atoms with Crippen molar-refractivity contribution in [2.45, 2.75) is 32.7 Å². The SMILES string of the molecule is CCCN(C(=O)[C@@H]1C[C@@H]1C(=O)O)C(C)c1ccccc1Br. The highest BCUT2D eigenvalue weighted by molar-refractivity contribution is 9.10. The highest BCUT2D eigenvalue weighted by atomic mass is 79.9. The van der Waals surface area contributed by atoms with Crippen LogP contribution in [-0.2, 0) is 9.59 Å². The van der Waals surface area contributed by atoms with Crippen molar-refractivity contribution in [3.05, 3.63) is 34.3 Å². The van der Waals surface area contributed by atoms with E-state index in [4.69, 9.17) is 5.11 Å². The van der Waals surface area contributed by atoms with Gasteiger partial charge in [0.15, 0.2) is 0 Å². The van der Waals surface area contributed by atoms with Gasteiger partial charge in [-0.25, -0.2) is 0 Å². The molecule has 5 heteroatoms. The Bertz CT molecular complexity index is 546. The van der Waals surface area contributed by atoms with Crippen molar-refractivity contribution in [3.8, 4) is 0 Å². The van der Waals surface area contributed by atoms with Gasteiger partial charge in [0.25, 0.3) is 0 Å². The second-order valence-corrected chi connectivity index (χ2v) is 6.37. The lowest BCUT2D eigenvalue weighted by Gasteiger charge is -2.30. The van der Waals surface area contributed by atoms with Gasteiger partial charge >= 0.3 is 5.97 Å². The molecule has 2 rings (SSSR count). The van der Waals surface area contributed by atoms with Crippen LogP contribution in [0, 0.1) is 11.8 Å². The van der Waals surface area contributed by atoms with E-state index < -0.39 is 11.9 Å². The number of carboxylic acids is 1. The Hall–Kier alpha value is -1.36. The molecular formula is C16H20BrNO3. The second kappa shape index (κ2) is 6.60. The number of carbonyl (C=O) groups excluding carboxylic acids is 1. The van der Waals surface area contributed by atoms with Gasteiger partial charge in [0.2, 0.25) is 5.91 Å². The Morgan fingerprint density at radius 2 is 2.05 bits per heavy atom. The van der Waals surface area contributed by atoms with E-state index in [0.717, 1.165) is 16.5 Å². The van der Waals surface area contributed by atoms with Gasteiger partial charge in [-0.1, -0.05) is 41.1 Å². The van der Waals surface area contributed by atoms with Gasteiger partial charge in [-0.05, 0) is 31.4 Å². The van der Waals surface area contributed by atoms with Crippen LogP contribution < -0.4 is 0 Å². The number of rotatable bonds is 6. The summed E-state index contributed by atoms with van der Waals surface area (Å²) in [5, 5.41) is 9.01. The largest absolute Gasteiger partial charge is 0.481 e. The molecule has 1 aliphatic carbocycles. The Kier molecular flexibility index (Phi) is 5.04. The summed E-state index contributed by atoms with van der Waals surface area (Å²) in [5.41, 5.74) is 1.05. The highest BCUT2D eigenvalue weighted by Gasteiger charge is 2.50. The second-order valence-electron chi connectivity index (χ2n) is 5.52. The van der Waals surface area contributed by atoms with Crippen LogP contribution in [0.3, 0.4) is 0 Å². The van der Waals surface area contributed by atoms with E-state index in [9.17, 15) is 9.59 Å². The zero-order chi connectivity index (χ0) is 15.6. The summed E-state index contributed by atoms with van der Waals surface area (Å²) in [6.45, 7) is 4.66. The predicted molar refractivity (Wildman–Crippen MR) is 83.8 cm³/mol. The van der Waals surface area contributed by atoms with E-state index in [1.165, 1.54) is 0 Å². The maximum absolute atomic E-state index is 12.6. The molecule has 1 unspecified atom stereocenters. The number of benzene rings is 1. The summed E-state index contributed by atoms with van der Waals surface area (Å²) in [6.07, 6.45) is 1.32. The monoisotopic (exact) mass is 353 g/mol. The van der Waals surface area contributed by atoms with Gasteiger partial charge in [-0.15, -0.1) is 0 Å². The van der Waals surface area contributed by atoms with Crippen LogP contribution in [0.2, 0.25) is 0 Å². The molecule has 21 heavy (non-hydrogen) atoms. The molecule has 1 aliphatic rings. The first kappa shape index (κ1) is 16.0. The molecule has 1 N–H and O–H groups in total. The summed E-state index contributed by atoms with van der Waals surface area (Å²) in [5.74, 6) is -1.74. The number of nitrogens with zero attached hydrogens (tertiary/aromatic N) is 1. The molecule has 0 spiro atoms. The average molecular weight is 354 g/mol. The van der Waals surface area contributed by atoms with Gasteiger partial charge in [0.1, 0.15) is 0 Å². The van der Waals surface area contributed by atoms with E-state index in [1.54, 1.807) is 0 Å². The normalized spacial score (nSPS) is 21.7. The molecule has 0 aromatic heterocycles. The van der Waals surface area contributed by atoms with Crippen LogP contribution in [0.5, 0.6) is 0 Å². The average Bonchev–Trinajstić information content (AvgIpc) is 3.24. The molecule has 1 fully saturated rings. The van der Waals surface area contributed by atoms with E-state index in [2.05, 4.69) is 15.9 Å². The van der Waals surface area contributed by atoms with Crippen molar-refractivity contribution < 1.29 is 14.7 Å². The number of halogens is 1. The molecule has 1 aromatic carbocycles. The maximum Gasteiger partial charge on any atom is 0.307 e. The zero-order valence-electron chi connectivity index (χ0n) is 12.3. The molecule has 0 bridgehead atoms. The van der Waals surface area contributed by atoms with Gasteiger partial charge in [-0.2, -0.15) is 0 Å². The molecule has 1 saturated carbocycles. The molecule has 1 amide bonds. The fraction of sp³-hybridized carbons (Fsp3) is 0.500. The van der Waals surface area contributed by atoms with Crippen molar-refractivity contribution in [1.82, 2.24) is 4.90 Å². The minimum atomic E-state index is -0.863. The first-order valence-corrected chi connectivity index (χ1v) is 8.04. The molecule has 114 valence electrons. The third-order valence-corrected chi connectivity index (χ3v) is 4.72. The molecule has 0 radical (unpaired) electrons. The van der Waals surface area contributed by atoms with E-state index in [-0.39, 0.29) is 17.9 Å². The van der Waals surface area contributed by atoms with Crippen molar-refractivity contribution in [1.29, 1.82) is 0 Å². The van der Waals surface area contributed by atoms with Crippen molar-refractivity contribution in [2.75, 3.05) is 6.54 Å². The van der Waals surface area contributed by atoms with Crippen molar-refractivity contribution in [2.24, 2.45) is 11.8 Å². The number of hydrogen-bond donors (Lipinski definition) is 1. The van der Waals surface area contributed by atoms with E-state index >= 15 is 0 Å². The summed E-state index contributed by atoms with van der Waals surface area (Å²) in [6, 6.07) is 7.77. The molecular weight excluding hydrogens is 334 g/mol. The summed E-state index contributed by atoms with van der Waals surface area (Å²) < 4.78 is 0.969. The van der Waals surface area contributed by atoms with Gasteiger partial charge in [0, 0.05) is 11.0 Å². The topological polar surface area (TPSA) is 57.6 Å². The highest BCUT2D eigenvalue weighted by Crippen LogP contribution is 2.42. The number of amides is 1. The predicted octanol–water partition coefficient (Wildman–Crippen LogP) is 3.47. The number of carboxylic acid groups (broad SMARTS) is 1. The lowest BCUT2D eigenvalue weighted by atomic mass is 10.1. The van der Waals surface area contributed by atoms with Crippen LogP contribution in [0.25, 0.3) is 0 Å². The molecule has 0 aliphatic heterocycles. The fourth-order valence-corrected chi connectivity index (χ4v) is 3.29. The molecule has 3 atom stereocenters. The fourth-order valence-electron chi connectivity index (χ4n) is 2.67. The molecule has 4 nitrogen and oxygen atoms in total. The summed E-state index contributed by atoms with van der Waals surface area (Å²) in [7, 11) is 0. The lowest BCUT2D eigenvalue weighted by Crippen LogP contribution is -2.36. The third kappa shape index (κ3) is 3.46. The van der Waals surface area contributed by atoms with Crippen LogP contribution in [0.15, 0.2) is 28.7 Å². The van der Waals surface area contributed by atoms with Crippen LogP contribution >= 0.6 is 15.9 Å². The Morgan fingerprint density at radius 3 is 2.57 bits per heavy atom. The number of aliphatic carboxylic acids is 1. The Morgan fingerprint density at radius 1 is 1.38 bits per heavy atom. The Labute approximate surface area is 133 Å². The minimum Gasteiger partial charge on any atom is -0.481 e. The van der Waals surface area contributed by atoms with Gasteiger partial charge in [0.05, 0.1) is 17.9 Å². The van der Waals surface area contributed by atoms with E-state index in [1.807, 2.05) is 43.0 Å². The molecule has 1 aromatic rings. The number of carbonyl (C=O) groups is 2. The molecule has 0 heterocycles. The minimum absolute atomic E-state index is 0.0347. The zero-order valence-corrected chi connectivity index (χ0v) is 13.8. The van der Waals surface area contributed by atoms with Crippen LogP contribution in [0.1, 0.15) is 38.3 Å². The number of hydrogen-bond acceptors (Lipinski definition) is 2. The van der Waals surface area contributed by atoms with E-state index in [0.29, 0.717) is 13.0 Å². The molecule has 0 saturated heterocycles. The standard InChI is InChI=1S/C16H20BrNO3/c1-3-8-18(15(19)12-9-13(12)16(20)21)10(2)11-6-4-5-7-14(11)17/h4-7,10,12-13H,3,8-9H2,1-2H3,(H,20,21)/t10?,12-,13+/m1/s1. The van der Waals surface area contributed by atoms with Crippen molar-refractivity contribution in [3.63, 3.8) is 0 Å². The van der Waals surface area contributed by atoms with Gasteiger partial charge < -0.3 is 10.0 Å². The van der Waals surface area contributed by atoms with Crippen molar-refractivity contribution >= 4 is 27.8 Å². The van der Waals surface area contributed by atoms with Crippen LogP contribution in [-0.4, -0.2) is 28.4 Å². The first-order chi connectivity index (χ1) is 9.97. The lowest BCUT2D eigenvalue weighted by molar-refractivity contribution is -0.142. The Balaban J connectivity index is 2.17. The third-order valence-electron chi connectivity index (χ3n) is 4.00. The quantitative estimate of drug-likeness (QED) is 0.851. The first-order valence-electron chi connectivity index (χ1n) is 7.25. The smallest absolute Gasteiger partial charge is 0.307 e.